The molecule has 1 amide bonds. The first kappa shape index (κ1) is 44.1. The van der Waals surface area contributed by atoms with Gasteiger partial charge in [0.25, 0.3) is 0 Å². The molecular formula is C38H77NO6. The summed E-state index contributed by atoms with van der Waals surface area (Å²) in [5.41, 5.74) is 0. The van der Waals surface area contributed by atoms with Crippen molar-refractivity contribution in [1.29, 1.82) is 0 Å². The van der Waals surface area contributed by atoms with Crippen LogP contribution in [0.15, 0.2) is 0 Å². The minimum Gasteiger partial charge on any atom is -0.447 e. The molecule has 1 atom stereocenters. The fourth-order valence-electron chi connectivity index (χ4n) is 5.42. The Kier molecular flexibility index (Phi) is 38.5. The zero-order valence-electron chi connectivity index (χ0n) is 30.4. The Hall–Kier alpha value is -0.890. The fraction of sp³-hybridized carbons (Fsp3) is 0.974. The van der Waals surface area contributed by atoms with Gasteiger partial charge in [0.1, 0.15) is 6.61 Å². The van der Waals surface area contributed by atoms with E-state index in [0.29, 0.717) is 46.2 Å². The number of carbonyl (C=O) groups is 1. The Morgan fingerprint density at radius 3 is 1.38 bits per heavy atom. The van der Waals surface area contributed by atoms with Gasteiger partial charge in [0.15, 0.2) is 0 Å². The lowest BCUT2D eigenvalue weighted by Crippen LogP contribution is -2.37. The third-order valence-electron chi connectivity index (χ3n) is 8.31. The summed E-state index contributed by atoms with van der Waals surface area (Å²) in [5, 5.41) is 2.84. The van der Waals surface area contributed by atoms with Crippen LogP contribution in [0.3, 0.4) is 0 Å². The molecule has 0 fully saturated rings. The molecular weight excluding hydrogens is 566 g/mol. The van der Waals surface area contributed by atoms with Crippen LogP contribution in [-0.2, 0) is 23.7 Å². The number of hydrogen-bond acceptors (Lipinski definition) is 6. The van der Waals surface area contributed by atoms with Crippen LogP contribution in [0, 0.1) is 0 Å². The van der Waals surface area contributed by atoms with Gasteiger partial charge in [0.05, 0.1) is 32.5 Å². The van der Waals surface area contributed by atoms with Crippen LogP contribution >= 0.6 is 0 Å². The number of amides is 1. The van der Waals surface area contributed by atoms with Gasteiger partial charge in [0, 0.05) is 26.4 Å². The molecule has 45 heavy (non-hydrogen) atoms. The molecule has 0 spiro atoms. The summed E-state index contributed by atoms with van der Waals surface area (Å²) in [4.78, 5) is 12.2. The van der Waals surface area contributed by atoms with Gasteiger partial charge in [-0.05, 0) is 19.8 Å². The predicted octanol–water partition coefficient (Wildman–Crippen LogP) is 10.6. The summed E-state index contributed by atoms with van der Waals surface area (Å²) >= 11 is 0. The third-order valence-corrected chi connectivity index (χ3v) is 8.31. The van der Waals surface area contributed by atoms with Crippen molar-refractivity contribution in [3.8, 4) is 0 Å². The van der Waals surface area contributed by atoms with Crippen molar-refractivity contribution in [2.75, 3.05) is 59.4 Å². The normalized spacial score (nSPS) is 12.1. The van der Waals surface area contributed by atoms with E-state index in [4.69, 9.17) is 23.7 Å². The van der Waals surface area contributed by atoms with Gasteiger partial charge in [-0.2, -0.15) is 0 Å². The first-order valence-corrected chi connectivity index (χ1v) is 19.5. The zero-order valence-corrected chi connectivity index (χ0v) is 30.4. The minimum absolute atomic E-state index is 0.162. The number of nitrogens with one attached hydrogen (secondary N) is 1. The van der Waals surface area contributed by atoms with E-state index < -0.39 is 6.09 Å². The molecule has 0 bridgehead atoms. The van der Waals surface area contributed by atoms with Crippen molar-refractivity contribution in [3.63, 3.8) is 0 Å². The molecule has 0 rings (SSSR count). The molecule has 1 unspecified atom stereocenters. The highest BCUT2D eigenvalue weighted by Gasteiger charge is 2.12. The first-order chi connectivity index (χ1) is 22.2. The van der Waals surface area contributed by atoms with Crippen molar-refractivity contribution in [3.05, 3.63) is 0 Å². The molecule has 0 saturated carbocycles. The summed E-state index contributed by atoms with van der Waals surface area (Å²) in [6.07, 6.45) is 31.3. The highest BCUT2D eigenvalue weighted by molar-refractivity contribution is 5.67. The molecule has 0 aromatic rings. The van der Waals surface area contributed by atoms with Gasteiger partial charge in [0.2, 0.25) is 0 Å². The topological polar surface area (TPSA) is 75.3 Å². The van der Waals surface area contributed by atoms with E-state index in [9.17, 15) is 4.79 Å². The van der Waals surface area contributed by atoms with Crippen LogP contribution in [0.5, 0.6) is 0 Å². The monoisotopic (exact) mass is 644 g/mol. The van der Waals surface area contributed by atoms with Crippen molar-refractivity contribution in [2.45, 2.75) is 181 Å². The van der Waals surface area contributed by atoms with Crippen LogP contribution in [-0.4, -0.2) is 71.6 Å². The summed E-state index contributed by atoms with van der Waals surface area (Å²) in [6, 6.07) is 0. The van der Waals surface area contributed by atoms with Crippen LogP contribution in [0.25, 0.3) is 0 Å². The zero-order chi connectivity index (χ0) is 32.7. The van der Waals surface area contributed by atoms with Gasteiger partial charge in [-0.15, -0.1) is 0 Å². The first-order valence-electron chi connectivity index (χ1n) is 19.5. The Labute approximate surface area is 280 Å². The average molecular weight is 644 g/mol. The number of hydrogen-bond donors (Lipinski definition) is 1. The van der Waals surface area contributed by atoms with Crippen molar-refractivity contribution in [2.24, 2.45) is 0 Å². The lowest BCUT2D eigenvalue weighted by atomic mass is 10.1. The SMILES string of the molecule is CCCCCCCCCCCCCCOCC(CNC(=O)OCCOCCOCC)OCCCCCCCCCCCCCC. The van der Waals surface area contributed by atoms with Crippen molar-refractivity contribution in [1.82, 2.24) is 5.32 Å². The molecule has 270 valence electrons. The number of carbonyl (C=O) groups excluding carboxylic acids is 1. The summed E-state index contributed by atoms with van der Waals surface area (Å²) in [7, 11) is 0. The van der Waals surface area contributed by atoms with Crippen LogP contribution in [0.1, 0.15) is 175 Å². The van der Waals surface area contributed by atoms with E-state index in [2.05, 4.69) is 19.2 Å². The van der Waals surface area contributed by atoms with Gasteiger partial charge in [-0.25, -0.2) is 4.79 Å². The predicted molar refractivity (Wildman–Crippen MR) is 189 cm³/mol. The van der Waals surface area contributed by atoms with E-state index in [1.165, 1.54) is 141 Å². The quantitative estimate of drug-likeness (QED) is 0.0675. The smallest absolute Gasteiger partial charge is 0.407 e. The van der Waals surface area contributed by atoms with E-state index in [0.717, 1.165) is 19.4 Å². The van der Waals surface area contributed by atoms with Gasteiger partial charge < -0.3 is 29.0 Å². The standard InChI is InChI=1S/C38H77NO6/c1-4-7-9-11-13-15-17-19-21-23-25-27-29-43-36-37(35-39-38(40)45-34-33-42-32-31-41-6-3)44-30-28-26-24-22-20-18-16-14-12-10-8-5-2/h37H,4-36H2,1-3H3,(H,39,40). The summed E-state index contributed by atoms with van der Waals surface area (Å²) in [6.45, 7) is 11.2. The highest BCUT2D eigenvalue weighted by atomic mass is 16.6. The Morgan fingerprint density at radius 2 is 0.889 bits per heavy atom. The van der Waals surface area contributed by atoms with E-state index >= 15 is 0 Å². The molecule has 0 radical (unpaired) electrons. The molecule has 0 aromatic carbocycles. The molecule has 7 nitrogen and oxygen atoms in total. The number of ether oxygens (including phenoxy) is 5. The molecule has 0 aromatic heterocycles. The maximum Gasteiger partial charge on any atom is 0.407 e. The average Bonchev–Trinajstić information content (AvgIpc) is 3.05. The number of rotatable bonds is 38. The van der Waals surface area contributed by atoms with E-state index in [-0.39, 0.29) is 12.7 Å². The van der Waals surface area contributed by atoms with Gasteiger partial charge >= 0.3 is 6.09 Å². The Morgan fingerprint density at radius 1 is 0.467 bits per heavy atom. The largest absolute Gasteiger partial charge is 0.447 e. The summed E-state index contributed by atoms with van der Waals surface area (Å²) < 4.78 is 28.0. The highest BCUT2D eigenvalue weighted by Crippen LogP contribution is 2.13. The second-order valence-corrected chi connectivity index (χ2v) is 12.7. The molecule has 7 heteroatoms. The van der Waals surface area contributed by atoms with Gasteiger partial charge in [-0.3, -0.25) is 0 Å². The van der Waals surface area contributed by atoms with Crippen LogP contribution < -0.4 is 5.32 Å². The van der Waals surface area contributed by atoms with E-state index in [1.807, 2.05) is 6.92 Å². The molecule has 0 saturated heterocycles. The molecule has 0 aliphatic carbocycles. The third kappa shape index (κ3) is 37.4. The van der Waals surface area contributed by atoms with E-state index in [1.54, 1.807) is 0 Å². The van der Waals surface area contributed by atoms with Crippen molar-refractivity contribution >= 4 is 6.09 Å². The second-order valence-electron chi connectivity index (χ2n) is 12.7. The maximum atomic E-state index is 12.2. The Balaban J connectivity index is 4.01. The lowest BCUT2D eigenvalue weighted by Gasteiger charge is -2.19. The molecule has 1 N–H and O–H groups in total. The van der Waals surface area contributed by atoms with Crippen LogP contribution in [0.4, 0.5) is 4.79 Å². The molecule has 0 heterocycles. The molecule has 0 aliphatic heterocycles. The lowest BCUT2D eigenvalue weighted by molar-refractivity contribution is -0.0180. The van der Waals surface area contributed by atoms with Crippen LogP contribution in [0.2, 0.25) is 0 Å². The number of alkyl carbamates (subject to hydrolysis) is 1. The fourth-order valence-corrected chi connectivity index (χ4v) is 5.42. The number of unbranched alkanes of at least 4 members (excludes halogenated alkanes) is 22. The van der Waals surface area contributed by atoms with Gasteiger partial charge in [-0.1, -0.05) is 155 Å². The summed E-state index contributed by atoms with van der Waals surface area (Å²) in [5.74, 6) is 0. The second kappa shape index (κ2) is 39.3. The van der Waals surface area contributed by atoms with Crippen molar-refractivity contribution < 1.29 is 28.5 Å². The Bertz CT molecular complexity index is 564. The molecule has 0 aliphatic rings. The minimum atomic E-state index is -0.441. The maximum absolute atomic E-state index is 12.2.